The van der Waals surface area contributed by atoms with Gasteiger partial charge in [-0.25, -0.2) is 0 Å². The van der Waals surface area contributed by atoms with Crippen molar-refractivity contribution in [2.24, 2.45) is 0 Å². The van der Waals surface area contributed by atoms with Gasteiger partial charge in [0.05, 0.1) is 6.10 Å². The first-order valence-corrected chi connectivity index (χ1v) is 7.73. The van der Waals surface area contributed by atoms with Crippen molar-refractivity contribution < 1.29 is 19.1 Å². The summed E-state index contributed by atoms with van der Waals surface area (Å²) in [6, 6.07) is 6.78. The number of carbonyl (C=O) groups is 2. The van der Waals surface area contributed by atoms with E-state index in [1.54, 1.807) is 38.4 Å². The topological polar surface area (TPSA) is 67.9 Å². The lowest BCUT2D eigenvalue weighted by Gasteiger charge is -2.12. The third-order valence-electron chi connectivity index (χ3n) is 3.02. The number of hydrogen-bond donors (Lipinski definition) is 1. The minimum Gasteiger partial charge on any atom is -0.484 e. The average Bonchev–Trinajstić information content (AvgIpc) is 2.51. The molecule has 6 heteroatoms. The molecule has 1 aromatic rings. The molecule has 0 saturated heterocycles. The van der Waals surface area contributed by atoms with Crippen molar-refractivity contribution in [3.8, 4) is 5.75 Å². The average molecular weight is 322 g/mol. The Morgan fingerprint density at radius 1 is 1.26 bits per heavy atom. The molecule has 0 heterocycles. The maximum atomic E-state index is 12.1. The Morgan fingerprint density at radius 2 is 2.00 bits per heavy atom. The van der Waals surface area contributed by atoms with Crippen LogP contribution in [0.4, 0.5) is 0 Å². The van der Waals surface area contributed by atoms with Gasteiger partial charge in [0, 0.05) is 32.8 Å². The van der Waals surface area contributed by atoms with Gasteiger partial charge in [0.25, 0.3) is 11.8 Å². The zero-order chi connectivity index (χ0) is 17.2. The fourth-order valence-electron chi connectivity index (χ4n) is 1.70. The molecule has 1 N–H and O–H groups in total. The minimum atomic E-state index is -0.168. The van der Waals surface area contributed by atoms with Crippen molar-refractivity contribution in [2.45, 2.75) is 26.4 Å². The Labute approximate surface area is 137 Å². The Balaban J connectivity index is 2.42. The van der Waals surface area contributed by atoms with E-state index in [0.29, 0.717) is 24.5 Å². The van der Waals surface area contributed by atoms with E-state index in [0.717, 1.165) is 6.42 Å². The molecule has 0 aliphatic heterocycles. The minimum absolute atomic E-state index is 0.0510. The second kappa shape index (κ2) is 9.84. The van der Waals surface area contributed by atoms with Crippen molar-refractivity contribution in [1.82, 2.24) is 10.2 Å². The molecule has 2 amide bonds. The molecule has 0 aliphatic rings. The SMILES string of the molecule is CC(C)OCCCNC(=O)c1cccc(OCC(=O)N(C)C)c1. The second-order valence-corrected chi connectivity index (χ2v) is 5.63. The first kappa shape index (κ1) is 19.0. The summed E-state index contributed by atoms with van der Waals surface area (Å²) in [5.41, 5.74) is 0.504. The molecule has 0 aliphatic carbocycles. The first-order chi connectivity index (χ1) is 10.9. The van der Waals surface area contributed by atoms with Crippen LogP contribution in [0.3, 0.4) is 0 Å². The van der Waals surface area contributed by atoms with Crippen molar-refractivity contribution in [3.05, 3.63) is 29.8 Å². The number of ether oxygens (including phenoxy) is 2. The van der Waals surface area contributed by atoms with E-state index >= 15 is 0 Å². The lowest BCUT2D eigenvalue weighted by molar-refractivity contribution is -0.130. The van der Waals surface area contributed by atoms with Crippen LogP contribution in [-0.4, -0.2) is 56.7 Å². The largest absolute Gasteiger partial charge is 0.484 e. The Kier molecular flexibility index (Phi) is 8.11. The van der Waals surface area contributed by atoms with E-state index in [-0.39, 0.29) is 24.5 Å². The van der Waals surface area contributed by atoms with Gasteiger partial charge in [-0.1, -0.05) is 6.07 Å². The van der Waals surface area contributed by atoms with Crippen LogP contribution in [0.2, 0.25) is 0 Å². The summed E-state index contributed by atoms with van der Waals surface area (Å²) in [6.45, 7) is 5.07. The fraction of sp³-hybridized carbons (Fsp3) is 0.529. The third-order valence-corrected chi connectivity index (χ3v) is 3.02. The predicted octanol–water partition coefficient (Wildman–Crippen LogP) is 1.70. The van der Waals surface area contributed by atoms with E-state index in [4.69, 9.17) is 9.47 Å². The molecule has 1 rings (SSSR count). The van der Waals surface area contributed by atoms with Crippen molar-refractivity contribution in [1.29, 1.82) is 0 Å². The standard InChI is InChI=1S/C17H26N2O4/c1-13(2)22-10-6-9-18-17(21)14-7-5-8-15(11-14)23-12-16(20)19(3)4/h5,7-8,11,13H,6,9-10,12H2,1-4H3,(H,18,21). The number of nitrogens with zero attached hydrogens (tertiary/aromatic N) is 1. The number of likely N-dealkylation sites (N-methyl/N-ethyl adjacent to an activating group) is 1. The zero-order valence-electron chi connectivity index (χ0n) is 14.3. The van der Waals surface area contributed by atoms with E-state index < -0.39 is 0 Å². The summed E-state index contributed by atoms with van der Waals surface area (Å²) < 4.78 is 10.8. The van der Waals surface area contributed by atoms with Gasteiger partial charge in [-0.15, -0.1) is 0 Å². The van der Waals surface area contributed by atoms with Crippen molar-refractivity contribution in [3.63, 3.8) is 0 Å². The van der Waals surface area contributed by atoms with Gasteiger partial charge >= 0.3 is 0 Å². The first-order valence-electron chi connectivity index (χ1n) is 7.73. The highest BCUT2D eigenvalue weighted by Crippen LogP contribution is 2.13. The molecule has 6 nitrogen and oxygen atoms in total. The van der Waals surface area contributed by atoms with Crippen LogP contribution < -0.4 is 10.1 Å². The van der Waals surface area contributed by atoms with E-state index in [1.165, 1.54) is 4.90 Å². The molecular formula is C17H26N2O4. The van der Waals surface area contributed by atoms with Crippen LogP contribution in [0.1, 0.15) is 30.6 Å². The van der Waals surface area contributed by atoms with Crippen molar-refractivity contribution >= 4 is 11.8 Å². The third kappa shape index (κ3) is 7.65. The number of nitrogens with one attached hydrogen (secondary N) is 1. The van der Waals surface area contributed by atoms with Gasteiger partial charge in [-0.3, -0.25) is 9.59 Å². The highest BCUT2D eigenvalue weighted by molar-refractivity contribution is 5.94. The van der Waals surface area contributed by atoms with Gasteiger partial charge < -0.3 is 19.7 Å². The second-order valence-electron chi connectivity index (χ2n) is 5.63. The zero-order valence-corrected chi connectivity index (χ0v) is 14.3. The molecular weight excluding hydrogens is 296 g/mol. The molecule has 0 spiro atoms. The van der Waals surface area contributed by atoms with Crippen LogP contribution in [0, 0.1) is 0 Å². The van der Waals surface area contributed by atoms with Gasteiger partial charge in [0.1, 0.15) is 5.75 Å². The molecule has 23 heavy (non-hydrogen) atoms. The highest BCUT2D eigenvalue weighted by atomic mass is 16.5. The molecule has 0 unspecified atom stereocenters. The lowest BCUT2D eigenvalue weighted by Crippen LogP contribution is -2.28. The smallest absolute Gasteiger partial charge is 0.259 e. The normalized spacial score (nSPS) is 10.5. The molecule has 0 bridgehead atoms. The molecule has 0 aromatic heterocycles. The van der Waals surface area contributed by atoms with Gasteiger partial charge in [-0.2, -0.15) is 0 Å². The summed E-state index contributed by atoms with van der Waals surface area (Å²) in [6.07, 6.45) is 0.960. The van der Waals surface area contributed by atoms with Crippen LogP contribution in [0.15, 0.2) is 24.3 Å². The summed E-state index contributed by atoms with van der Waals surface area (Å²) in [7, 11) is 3.33. The monoisotopic (exact) mass is 322 g/mol. The molecule has 128 valence electrons. The summed E-state index contributed by atoms with van der Waals surface area (Å²) in [4.78, 5) is 25.0. The predicted molar refractivity (Wildman–Crippen MR) is 88.7 cm³/mol. The highest BCUT2D eigenvalue weighted by Gasteiger charge is 2.08. The van der Waals surface area contributed by atoms with Gasteiger partial charge in [0.15, 0.2) is 6.61 Å². The molecule has 0 fully saturated rings. The maximum absolute atomic E-state index is 12.1. The fourth-order valence-corrected chi connectivity index (χ4v) is 1.70. The number of carbonyl (C=O) groups excluding carboxylic acids is 2. The van der Waals surface area contributed by atoms with E-state index in [2.05, 4.69) is 5.32 Å². The number of amides is 2. The Bertz CT molecular complexity index is 515. The van der Waals surface area contributed by atoms with Crippen LogP contribution in [-0.2, 0) is 9.53 Å². The number of hydrogen-bond acceptors (Lipinski definition) is 4. The molecule has 0 radical (unpaired) electrons. The van der Waals surface area contributed by atoms with Gasteiger partial charge in [0.2, 0.25) is 0 Å². The number of rotatable bonds is 9. The quantitative estimate of drug-likeness (QED) is 0.703. The van der Waals surface area contributed by atoms with Crippen molar-refractivity contribution in [2.75, 3.05) is 33.9 Å². The van der Waals surface area contributed by atoms with E-state index in [9.17, 15) is 9.59 Å². The van der Waals surface area contributed by atoms with Crippen LogP contribution >= 0.6 is 0 Å². The summed E-state index contributed by atoms with van der Waals surface area (Å²) in [5, 5.41) is 2.83. The summed E-state index contributed by atoms with van der Waals surface area (Å²) in [5.74, 6) is 0.194. The Hall–Kier alpha value is -2.08. The van der Waals surface area contributed by atoms with Crippen LogP contribution in [0.25, 0.3) is 0 Å². The molecule has 0 atom stereocenters. The lowest BCUT2D eigenvalue weighted by atomic mass is 10.2. The van der Waals surface area contributed by atoms with Crippen LogP contribution in [0.5, 0.6) is 5.75 Å². The van der Waals surface area contributed by atoms with E-state index in [1.807, 2.05) is 13.8 Å². The molecule has 1 aromatic carbocycles. The van der Waals surface area contributed by atoms with Gasteiger partial charge in [-0.05, 0) is 38.5 Å². The summed E-state index contributed by atoms with van der Waals surface area (Å²) >= 11 is 0. The number of benzene rings is 1. The maximum Gasteiger partial charge on any atom is 0.259 e. The molecule has 0 saturated carbocycles. The Morgan fingerprint density at radius 3 is 2.65 bits per heavy atom.